The zero-order valence-electron chi connectivity index (χ0n) is 10.7. The van der Waals surface area contributed by atoms with Gasteiger partial charge in [-0.25, -0.2) is 0 Å². The second-order valence-corrected chi connectivity index (χ2v) is 4.38. The highest BCUT2D eigenvalue weighted by Crippen LogP contribution is 2.16. The van der Waals surface area contributed by atoms with Gasteiger partial charge in [0.15, 0.2) is 0 Å². The van der Waals surface area contributed by atoms with Gasteiger partial charge in [0, 0.05) is 0 Å². The SMILES string of the molecule is CCCCCCCCC(CCC)C(=O)O.Cl. The van der Waals surface area contributed by atoms with Crippen LogP contribution in [-0.2, 0) is 4.79 Å². The van der Waals surface area contributed by atoms with E-state index in [1.54, 1.807) is 0 Å². The summed E-state index contributed by atoms with van der Waals surface area (Å²) in [4.78, 5) is 10.9. The van der Waals surface area contributed by atoms with Gasteiger partial charge in [-0.2, -0.15) is 0 Å². The predicted octanol–water partition coefficient (Wildman–Crippen LogP) is 4.66. The van der Waals surface area contributed by atoms with E-state index in [1.165, 1.54) is 32.1 Å². The van der Waals surface area contributed by atoms with Crippen molar-refractivity contribution in [1.82, 2.24) is 0 Å². The maximum atomic E-state index is 10.9. The van der Waals surface area contributed by atoms with Crippen molar-refractivity contribution in [2.24, 2.45) is 5.92 Å². The van der Waals surface area contributed by atoms with Gasteiger partial charge in [0.05, 0.1) is 5.92 Å². The molecule has 0 aromatic carbocycles. The number of halogens is 1. The quantitative estimate of drug-likeness (QED) is 0.573. The first-order valence-corrected chi connectivity index (χ1v) is 6.45. The summed E-state index contributed by atoms with van der Waals surface area (Å²) in [5, 5.41) is 8.95. The van der Waals surface area contributed by atoms with Crippen LogP contribution in [0.25, 0.3) is 0 Å². The fourth-order valence-electron chi connectivity index (χ4n) is 1.91. The van der Waals surface area contributed by atoms with Crippen molar-refractivity contribution in [2.45, 2.75) is 71.6 Å². The zero-order chi connectivity index (χ0) is 11.5. The molecule has 3 heteroatoms. The van der Waals surface area contributed by atoms with Gasteiger partial charge in [0.2, 0.25) is 0 Å². The molecule has 0 fully saturated rings. The number of hydrogen-bond acceptors (Lipinski definition) is 1. The molecule has 98 valence electrons. The van der Waals surface area contributed by atoms with Crippen molar-refractivity contribution in [1.29, 1.82) is 0 Å². The van der Waals surface area contributed by atoms with Crippen molar-refractivity contribution in [2.75, 3.05) is 0 Å². The van der Waals surface area contributed by atoms with E-state index in [1.807, 2.05) is 0 Å². The molecule has 0 aliphatic carbocycles. The minimum Gasteiger partial charge on any atom is -0.481 e. The second kappa shape index (κ2) is 12.8. The molecule has 1 N–H and O–H groups in total. The van der Waals surface area contributed by atoms with E-state index in [-0.39, 0.29) is 18.3 Å². The lowest BCUT2D eigenvalue weighted by Crippen LogP contribution is -2.13. The summed E-state index contributed by atoms with van der Waals surface area (Å²) in [6.07, 6.45) is 10.1. The van der Waals surface area contributed by atoms with Gasteiger partial charge in [-0.05, 0) is 12.8 Å². The molecule has 0 heterocycles. The first-order valence-electron chi connectivity index (χ1n) is 6.45. The van der Waals surface area contributed by atoms with Gasteiger partial charge in [-0.15, -0.1) is 12.4 Å². The number of aliphatic carboxylic acids is 1. The zero-order valence-corrected chi connectivity index (χ0v) is 11.5. The van der Waals surface area contributed by atoms with Gasteiger partial charge in [0.1, 0.15) is 0 Å². The van der Waals surface area contributed by atoms with E-state index >= 15 is 0 Å². The number of unbranched alkanes of at least 4 members (excludes halogenated alkanes) is 5. The van der Waals surface area contributed by atoms with Crippen LogP contribution in [-0.4, -0.2) is 11.1 Å². The third-order valence-corrected chi connectivity index (χ3v) is 2.89. The van der Waals surface area contributed by atoms with Crippen LogP contribution in [0.15, 0.2) is 0 Å². The molecule has 1 unspecified atom stereocenters. The average Bonchev–Trinajstić information content (AvgIpc) is 2.21. The Morgan fingerprint density at radius 3 is 2.00 bits per heavy atom. The lowest BCUT2D eigenvalue weighted by atomic mass is 9.96. The molecule has 0 aromatic heterocycles. The van der Waals surface area contributed by atoms with Crippen molar-refractivity contribution < 1.29 is 9.90 Å². The predicted molar refractivity (Wildman–Crippen MR) is 71.3 cm³/mol. The first kappa shape index (κ1) is 18.1. The van der Waals surface area contributed by atoms with Crippen molar-refractivity contribution in [3.05, 3.63) is 0 Å². The second-order valence-electron chi connectivity index (χ2n) is 4.38. The minimum atomic E-state index is -0.606. The van der Waals surface area contributed by atoms with Gasteiger partial charge in [-0.1, -0.05) is 58.8 Å². The van der Waals surface area contributed by atoms with Crippen LogP contribution in [0.1, 0.15) is 71.6 Å². The van der Waals surface area contributed by atoms with Crippen LogP contribution < -0.4 is 0 Å². The van der Waals surface area contributed by atoms with E-state index in [9.17, 15) is 4.79 Å². The van der Waals surface area contributed by atoms with Crippen molar-refractivity contribution >= 4 is 18.4 Å². The maximum Gasteiger partial charge on any atom is 0.306 e. The first-order chi connectivity index (χ1) is 7.22. The Kier molecular flexibility index (Phi) is 14.5. The summed E-state index contributed by atoms with van der Waals surface area (Å²) in [6, 6.07) is 0. The largest absolute Gasteiger partial charge is 0.481 e. The molecule has 16 heavy (non-hydrogen) atoms. The topological polar surface area (TPSA) is 37.3 Å². The number of carboxylic acids is 1. The summed E-state index contributed by atoms with van der Waals surface area (Å²) in [7, 11) is 0. The van der Waals surface area contributed by atoms with Crippen LogP contribution in [0.4, 0.5) is 0 Å². The molecule has 0 spiro atoms. The Hall–Kier alpha value is -0.240. The Bertz CT molecular complexity index is 160. The van der Waals surface area contributed by atoms with Gasteiger partial charge < -0.3 is 5.11 Å². The summed E-state index contributed by atoms with van der Waals surface area (Å²) in [5.41, 5.74) is 0. The molecule has 0 bridgehead atoms. The third-order valence-electron chi connectivity index (χ3n) is 2.89. The van der Waals surface area contributed by atoms with Crippen LogP contribution in [0.5, 0.6) is 0 Å². The van der Waals surface area contributed by atoms with Crippen LogP contribution >= 0.6 is 12.4 Å². The molecular formula is C13H27ClO2. The fraction of sp³-hybridized carbons (Fsp3) is 0.923. The molecule has 0 saturated carbocycles. The molecule has 0 aliphatic heterocycles. The monoisotopic (exact) mass is 250 g/mol. The number of carboxylic acid groups (broad SMARTS) is 1. The molecular weight excluding hydrogens is 224 g/mol. The molecule has 0 aliphatic rings. The number of hydrogen-bond donors (Lipinski definition) is 1. The highest BCUT2D eigenvalue weighted by Gasteiger charge is 2.14. The molecule has 0 radical (unpaired) electrons. The van der Waals surface area contributed by atoms with Crippen LogP contribution in [0.3, 0.4) is 0 Å². The van der Waals surface area contributed by atoms with E-state index in [0.29, 0.717) is 0 Å². The smallest absolute Gasteiger partial charge is 0.306 e. The Labute approximate surface area is 106 Å². The Morgan fingerprint density at radius 1 is 0.938 bits per heavy atom. The van der Waals surface area contributed by atoms with E-state index < -0.39 is 5.97 Å². The standard InChI is InChI=1S/C13H26O2.ClH/c1-3-5-6-7-8-9-11-12(10-4-2)13(14)15;/h12H,3-11H2,1-2H3,(H,14,15);1H. The van der Waals surface area contributed by atoms with Gasteiger partial charge in [0.25, 0.3) is 0 Å². The number of carbonyl (C=O) groups is 1. The third kappa shape index (κ3) is 10.3. The van der Waals surface area contributed by atoms with Crippen molar-refractivity contribution in [3.8, 4) is 0 Å². The molecule has 0 aromatic rings. The highest BCUT2D eigenvalue weighted by atomic mass is 35.5. The average molecular weight is 251 g/mol. The van der Waals surface area contributed by atoms with E-state index in [0.717, 1.165) is 25.7 Å². The molecule has 0 rings (SSSR count). The summed E-state index contributed by atoms with van der Waals surface area (Å²) < 4.78 is 0. The molecule has 0 amide bonds. The minimum absolute atomic E-state index is 0. The molecule has 2 nitrogen and oxygen atoms in total. The van der Waals surface area contributed by atoms with Crippen LogP contribution in [0.2, 0.25) is 0 Å². The van der Waals surface area contributed by atoms with E-state index in [2.05, 4.69) is 13.8 Å². The normalized spacial score (nSPS) is 11.9. The lowest BCUT2D eigenvalue weighted by molar-refractivity contribution is -0.142. The van der Waals surface area contributed by atoms with Crippen molar-refractivity contribution in [3.63, 3.8) is 0 Å². The number of rotatable bonds is 10. The van der Waals surface area contributed by atoms with E-state index in [4.69, 9.17) is 5.11 Å². The molecule has 1 atom stereocenters. The van der Waals surface area contributed by atoms with Gasteiger partial charge >= 0.3 is 5.97 Å². The summed E-state index contributed by atoms with van der Waals surface area (Å²) in [6.45, 7) is 4.26. The lowest BCUT2D eigenvalue weighted by Gasteiger charge is -2.10. The maximum absolute atomic E-state index is 10.9. The Morgan fingerprint density at radius 2 is 1.50 bits per heavy atom. The molecule has 0 saturated heterocycles. The summed E-state index contributed by atoms with van der Waals surface area (Å²) >= 11 is 0. The van der Waals surface area contributed by atoms with Crippen LogP contribution in [0, 0.1) is 5.92 Å². The highest BCUT2D eigenvalue weighted by molar-refractivity contribution is 5.85. The van der Waals surface area contributed by atoms with Gasteiger partial charge in [-0.3, -0.25) is 4.79 Å². The summed E-state index contributed by atoms with van der Waals surface area (Å²) in [5.74, 6) is -0.702. The Balaban J connectivity index is 0. The fourth-order valence-corrected chi connectivity index (χ4v) is 1.91.